The lowest BCUT2D eigenvalue weighted by Gasteiger charge is -2.18. The van der Waals surface area contributed by atoms with E-state index in [1.165, 1.54) is 12.3 Å². The number of rotatable bonds is 6. The van der Waals surface area contributed by atoms with Gasteiger partial charge in [0.25, 0.3) is 0 Å². The molecule has 0 aliphatic heterocycles. The zero-order valence-electron chi connectivity index (χ0n) is 19.7. The highest BCUT2D eigenvalue weighted by atomic mass is 19.4. The Hall–Kier alpha value is -3.59. The number of hydrogen-bond acceptors (Lipinski definition) is 6. The molecular weight excluding hydrogens is 455 g/mol. The molecule has 3 aromatic heterocycles. The van der Waals surface area contributed by atoms with E-state index < -0.39 is 11.7 Å². The normalized spacial score (nSPS) is 12.2. The summed E-state index contributed by atoms with van der Waals surface area (Å²) in [5, 5.41) is 13.2. The molecule has 182 valence electrons. The Balaban J connectivity index is 1.78. The summed E-state index contributed by atoms with van der Waals surface area (Å²) in [5.41, 5.74) is 1.39. The maximum absolute atomic E-state index is 13.6. The second kappa shape index (κ2) is 9.58. The van der Waals surface area contributed by atoms with Gasteiger partial charge in [-0.05, 0) is 42.8 Å². The third kappa shape index (κ3) is 5.57. The van der Waals surface area contributed by atoms with Crippen LogP contribution in [0.25, 0.3) is 22.2 Å². The second-order valence-corrected chi connectivity index (χ2v) is 9.25. The maximum atomic E-state index is 13.6. The van der Waals surface area contributed by atoms with Gasteiger partial charge in [-0.3, -0.25) is 9.97 Å². The molecule has 0 bridgehead atoms. The van der Waals surface area contributed by atoms with E-state index in [0.29, 0.717) is 41.0 Å². The number of pyridine rings is 2. The number of fused-ring (bicyclic) bond motifs is 1. The van der Waals surface area contributed by atoms with E-state index in [2.05, 4.69) is 46.0 Å². The van der Waals surface area contributed by atoms with Crippen LogP contribution in [0.15, 0.2) is 54.9 Å². The Bertz CT molecular complexity index is 1330. The van der Waals surface area contributed by atoms with Crippen molar-refractivity contribution in [1.29, 1.82) is 0 Å². The summed E-state index contributed by atoms with van der Waals surface area (Å²) in [6.07, 6.45) is -0.591. The molecule has 4 aromatic rings. The molecular formula is C26H26F3N5O. The highest BCUT2D eigenvalue weighted by Crippen LogP contribution is 2.37. The number of alkyl halides is 3. The topological polar surface area (TPSA) is 83.8 Å². The van der Waals surface area contributed by atoms with E-state index in [-0.39, 0.29) is 17.7 Å². The number of aryl methyl sites for hydroxylation is 1. The number of nitrogens with one attached hydrogen (secondary N) is 1. The number of aromatic nitrogens is 4. The predicted molar refractivity (Wildman–Crippen MR) is 129 cm³/mol. The summed E-state index contributed by atoms with van der Waals surface area (Å²) in [5.74, 6) is 0.986. The predicted octanol–water partition coefficient (Wildman–Crippen LogP) is 6.07. The van der Waals surface area contributed by atoms with Crippen LogP contribution in [-0.4, -0.2) is 31.6 Å². The molecule has 2 N–H and O–H groups in total. The molecule has 0 aliphatic rings. The van der Waals surface area contributed by atoms with Crippen molar-refractivity contribution in [2.45, 2.75) is 45.2 Å². The van der Waals surface area contributed by atoms with Crippen molar-refractivity contribution in [2.75, 3.05) is 11.9 Å². The van der Waals surface area contributed by atoms with Gasteiger partial charge >= 0.3 is 6.18 Å². The first-order chi connectivity index (χ1) is 16.6. The highest BCUT2D eigenvalue weighted by Gasteiger charge is 2.34. The van der Waals surface area contributed by atoms with E-state index in [4.69, 9.17) is 0 Å². The number of aliphatic hydroxyl groups is 1. The monoisotopic (exact) mass is 481 g/mol. The Morgan fingerprint density at radius 3 is 2.43 bits per heavy atom. The van der Waals surface area contributed by atoms with Crippen molar-refractivity contribution < 1.29 is 18.3 Å². The zero-order chi connectivity index (χ0) is 25.2. The van der Waals surface area contributed by atoms with Crippen LogP contribution in [0.2, 0.25) is 0 Å². The van der Waals surface area contributed by atoms with Gasteiger partial charge in [-0.2, -0.15) is 13.2 Å². The van der Waals surface area contributed by atoms with Crippen molar-refractivity contribution in [2.24, 2.45) is 0 Å². The van der Waals surface area contributed by atoms with Gasteiger partial charge in [-0.15, -0.1) is 0 Å². The van der Waals surface area contributed by atoms with Crippen LogP contribution in [0.5, 0.6) is 0 Å². The van der Waals surface area contributed by atoms with E-state index in [0.717, 1.165) is 17.4 Å². The number of hydrogen-bond donors (Lipinski definition) is 2. The first-order valence-corrected chi connectivity index (χ1v) is 11.2. The molecule has 35 heavy (non-hydrogen) atoms. The molecule has 0 radical (unpaired) electrons. The third-order valence-electron chi connectivity index (χ3n) is 5.48. The molecule has 0 saturated heterocycles. The summed E-state index contributed by atoms with van der Waals surface area (Å²) < 4.78 is 40.7. The molecule has 4 rings (SSSR count). The number of aliphatic hydroxyl groups excluding tert-OH is 1. The van der Waals surface area contributed by atoms with Crippen molar-refractivity contribution >= 4 is 22.4 Å². The van der Waals surface area contributed by atoms with Gasteiger partial charge in [0.2, 0.25) is 0 Å². The summed E-state index contributed by atoms with van der Waals surface area (Å²) in [4.78, 5) is 17.7. The average Bonchev–Trinajstić information content (AvgIpc) is 2.81. The third-order valence-corrected chi connectivity index (χ3v) is 5.48. The summed E-state index contributed by atoms with van der Waals surface area (Å²) in [7, 11) is 0. The van der Waals surface area contributed by atoms with Gasteiger partial charge in [-0.25, -0.2) is 9.97 Å². The molecule has 0 spiro atoms. The molecule has 9 heteroatoms. The standard InChI is InChI=1S/C26H26F3N5O/c1-25(2,3)21-11-9-17(15-31-21)32-24-18-10-8-16(14-20(18)33-22(34-24)7-5-13-35)23-19(26(27,28)29)6-4-12-30-23/h4,6,8-12,14-15,35H,5,7,13H2,1-3H3,(H,32,33,34). The fourth-order valence-corrected chi connectivity index (χ4v) is 3.68. The molecule has 0 aliphatic carbocycles. The van der Waals surface area contributed by atoms with Crippen LogP contribution in [0, 0.1) is 0 Å². The minimum atomic E-state index is -4.53. The van der Waals surface area contributed by atoms with Crippen LogP contribution in [-0.2, 0) is 18.0 Å². The highest BCUT2D eigenvalue weighted by molar-refractivity contribution is 5.93. The van der Waals surface area contributed by atoms with E-state index in [1.807, 2.05) is 12.1 Å². The van der Waals surface area contributed by atoms with E-state index >= 15 is 0 Å². The number of anilines is 2. The van der Waals surface area contributed by atoms with Crippen LogP contribution < -0.4 is 5.32 Å². The van der Waals surface area contributed by atoms with Crippen molar-refractivity contribution in [1.82, 2.24) is 19.9 Å². The first-order valence-electron chi connectivity index (χ1n) is 11.2. The molecule has 0 fully saturated rings. The summed E-state index contributed by atoms with van der Waals surface area (Å²) in [6, 6.07) is 11.0. The largest absolute Gasteiger partial charge is 0.418 e. The Morgan fingerprint density at radius 2 is 1.77 bits per heavy atom. The molecule has 0 unspecified atom stereocenters. The number of benzene rings is 1. The van der Waals surface area contributed by atoms with Gasteiger partial charge in [0, 0.05) is 41.3 Å². The van der Waals surface area contributed by atoms with Crippen molar-refractivity contribution in [3.63, 3.8) is 0 Å². The van der Waals surface area contributed by atoms with Crippen LogP contribution in [0.3, 0.4) is 0 Å². The summed E-state index contributed by atoms with van der Waals surface area (Å²) >= 11 is 0. The SMILES string of the molecule is CC(C)(C)c1ccc(Nc2nc(CCCO)nc3cc(-c4ncccc4C(F)(F)F)ccc23)cn1. The first kappa shape index (κ1) is 24.5. The molecule has 3 heterocycles. The minimum absolute atomic E-state index is 0.0226. The lowest BCUT2D eigenvalue weighted by Crippen LogP contribution is -2.13. The van der Waals surface area contributed by atoms with E-state index in [1.54, 1.807) is 24.4 Å². The Morgan fingerprint density at radius 1 is 0.971 bits per heavy atom. The van der Waals surface area contributed by atoms with Crippen LogP contribution >= 0.6 is 0 Å². The lowest BCUT2D eigenvalue weighted by atomic mass is 9.92. The number of halogens is 3. The maximum Gasteiger partial charge on any atom is 0.418 e. The average molecular weight is 482 g/mol. The lowest BCUT2D eigenvalue weighted by molar-refractivity contribution is -0.137. The summed E-state index contributed by atoms with van der Waals surface area (Å²) in [6.45, 7) is 6.22. The quantitative estimate of drug-likeness (QED) is 0.348. The Kier molecular flexibility index (Phi) is 6.71. The van der Waals surface area contributed by atoms with E-state index in [9.17, 15) is 18.3 Å². The van der Waals surface area contributed by atoms with Crippen molar-refractivity contribution in [3.8, 4) is 11.3 Å². The smallest absolute Gasteiger partial charge is 0.396 e. The van der Waals surface area contributed by atoms with Gasteiger partial charge in [0.1, 0.15) is 11.6 Å². The minimum Gasteiger partial charge on any atom is -0.396 e. The van der Waals surface area contributed by atoms with Crippen molar-refractivity contribution in [3.05, 3.63) is 71.9 Å². The van der Waals surface area contributed by atoms with Crippen LogP contribution in [0.1, 0.15) is 44.3 Å². The Labute approximate surface area is 201 Å². The van der Waals surface area contributed by atoms with Gasteiger partial charge in [0.15, 0.2) is 0 Å². The van der Waals surface area contributed by atoms with Crippen LogP contribution in [0.4, 0.5) is 24.7 Å². The zero-order valence-corrected chi connectivity index (χ0v) is 19.7. The van der Waals surface area contributed by atoms with Gasteiger partial charge in [-0.1, -0.05) is 26.8 Å². The molecule has 0 atom stereocenters. The fraction of sp³-hybridized carbons (Fsp3) is 0.308. The fourth-order valence-electron chi connectivity index (χ4n) is 3.68. The molecule has 6 nitrogen and oxygen atoms in total. The molecule has 0 amide bonds. The van der Waals surface area contributed by atoms with Gasteiger partial charge < -0.3 is 10.4 Å². The second-order valence-electron chi connectivity index (χ2n) is 9.25. The van der Waals surface area contributed by atoms with Gasteiger partial charge in [0.05, 0.1) is 28.7 Å². The molecule has 1 aromatic carbocycles. The molecule has 0 saturated carbocycles. The number of nitrogens with zero attached hydrogens (tertiary/aromatic N) is 4.